The largest absolute Gasteiger partial charge is 0.494 e. The standard InChI is InChI=1S/C22H30N6O3/c1-2-31-18-10-8-17(9-11-18)25-22(24-16-23)26-19-7-3-4-14-28(21(19)30)15-20(29)27-12-5-6-13-27/h8-11,19H,2-7,12-15H2,1H3,(H2,24,25,26)/t19-/m0/s1. The van der Waals surface area contributed by atoms with E-state index in [4.69, 9.17) is 10.00 Å². The quantitative estimate of drug-likeness (QED) is 0.311. The van der Waals surface area contributed by atoms with E-state index in [1.165, 1.54) is 0 Å². The van der Waals surface area contributed by atoms with E-state index in [1.807, 2.05) is 42.3 Å². The highest BCUT2D eigenvalue weighted by Crippen LogP contribution is 2.18. The third-order valence-electron chi connectivity index (χ3n) is 5.42. The summed E-state index contributed by atoms with van der Waals surface area (Å²) in [6.45, 7) is 4.68. The van der Waals surface area contributed by atoms with Crippen LogP contribution in [0, 0.1) is 11.5 Å². The van der Waals surface area contributed by atoms with Crippen LogP contribution in [0.2, 0.25) is 0 Å². The molecule has 1 aromatic rings. The van der Waals surface area contributed by atoms with Gasteiger partial charge >= 0.3 is 0 Å². The number of aliphatic imine (C=N–C) groups is 1. The average molecular weight is 427 g/mol. The van der Waals surface area contributed by atoms with Crippen molar-refractivity contribution in [3.63, 3.8) is 0 Å². The molecule has 166 valence electrons. The van der Waals surface area contributed by atoms with Crippen molar-refractivity contribution in [2.24, 2.45) is 4.99 Å². The van der Waals surface area contributed by atoms with Crippen LogP contribution in [0.4, 0.5) is 5.69 Å². The first kappa shape index (κ1) is 22.4. The van der Waals surface area contributed by atoms with Crippen molar-refractivity contribution < 1.29 is 14.3 Å². The number of carbonyl (C=O) groups excluding carboxylic acids is 2. The van der Waals surface area contributed by atoms with Gasteiger partial charge in [0, 0.05) is 25.3 Å². The average Bonchev–Trinajstić information content (AvgIpc) is 3.26. The Morgan fingerprint density at radius 3 is 2.58 bits per heavy atom. The van der Waals surface area contributed by atoms with Crippen molar-refractivity contribution in [2.45, 2.75) is 45.1 Å². The van der Waals surface area contributed by atoms with Crippen LogP contribution in [0.15, 0.2) is 29.3 Å². The number of nitriles is 1. The Morgan fingerprint density at radius 1 is 1.19 bits per heavy atom. The minimum Gasteiger partial charge on any atom is -0.494 e. The fourth-order valence-electron chi connectivity index (χ4n) is 3.83. The summed E-state index contributed by atoms with van der Waals surface area (Å²) in [6, 6.07) is 6.63. The van der Waals surface area contributed by atoms with Crippen LogP contribution >= 0.6 is 0 Å². The first-order valence-corrected chi connectivity index (χ1v) is 10.9. The summed E-state index contributed by atoms with van der Waals surface area (Å²) in [5, 5.41) is 14.7. The zero-order valence-corrected chi connectivity index (χ0v) is 18.0. The number of amides is 2. The van der Waals surface area contributed by atoms with Crippen molar-refractivity contribution >= 4 is 23.5 Å². The molecule has 2 N–H and O–H groups in total. The summed E-state index contributed by atoms with van der Waals surface area (Å²) in [5.41, 5.74) is 0.715. The fraction of sp³-hybridized carbons (Fsp3) is 0.545. The number of benzene rings is 1. The molecule has 0 bridgehead atoms. The normalized spacial score (nSPS) is 19.5. The van der Waals surface area contributed by atoms with Crippen molar-refractivity contribution in [3.05, 3.63) is 24.3 Å². The molecule has 1 atom stereocenters. The van der Waals surface area contributed by atoms with Gasteiger partial charge in [-0.05, 0) is 63.3 Å². The van der Waals surface area contributed by atoms with E-state index in [0.29, 0.717) is 25.3 Å². The molecule has 0 unspecified atom stereocenters. The SMILES string of the molecule is CCOc1ccc(NC(=N[C@H]2CCCCN(CC(=O)N3CCCC3)C2=O)NC#N)cc1. The molecule has 2 amide bonds. The van der Waals surface area contributed by atoms with Crippen molar-refractivity contribution in [3.8, 4) is 11.9 Å². The van der Waals surface area contributed by atoms with E-state index in [2.05, 4.69) is 15.6 Å². The second-order valence-corrected chi connectivity index (χ2v) is 7.66. The van der Waals surface area contributed by atoms with Gasteiger partial charge in [-0.25, -0.2) is 4.99 Å². The fourth-order valence-corrected chi connectivity index (χ4v) is 3.83. The highest BCUT2D eigenvalue weighted by Gasteiger charge is 2.30. The van der Waals surface area contributed by atoms with Crippen LogP contribution < -0.4 is 15.4 Å². The number of guanidine groups is 1. The van der Waals surface area contributed by atoms with Gasteiger partial charge in [-0.3, -0.25) is 14.9 Å². The molecule has 2 saturated heterocycles. The monoisotopic (exact) mass is 426 g/mol. The zero-order chi connectivity index (χ0) is 22.1. The van der Waals surface area contributed by atoms with E-state index in [1.54, 1.807) is 4.90 Å². The molecule has 2 aliphatic heterocycles. The number of nitrogens with zero attached hydrogens (tertiary/aromatic N) is 4. The molecule has 0 radical (unpaired) electrons. The third kappa shape index (κ3) is 6.35. The second kappa shape index (κ2) is 11.2. The van der Waals surface area contributed by atoms with E-state index >= 15 is 0 Å². The lowest BCUT2D eigenvalue weighted by atomic mass is 10.1. The Hall–Kier alpha value is -3.28. The number of hydrogen-bond acceptors (Lipinski definition) is 5. The minimum atomic E-state index is -0.639. The molecule has 0 aromatic heterocycles. The molecule has 2 heterocycles. The lowest BCUT2D eigenvalue weighted by molar-refractivity contribution is -0.140. The van der Waals surface area contributed by atoms with E-state index in [-0.39, 0.29) is 24.3 Å². The van der Waals surface area contributed by atoms with E-state index in [9.17, 15) is 9.59 Å². The number of hydrogen-bond donors (Lipinski definition) is 2. The van der Waals surface area contributed by atoms with E-state index < -0.39 is 6.04 Å². The number of anilines is 1. The van der Waals surface area contributed by atoms with Crippen LogP contribution in [-0.4, -0.2) is 66.4 Å². The topological polar surface area (TPSA) is 110 Å². The Labute approximate surface area is 183 Å². The lowest BCUT2D eigenvalue weighted by Crippen LogP contribution is -2.45. The van der Waals surface area contributed by atoms with Crippen LogP contribution in [0.1, 0.15) is 39.0 Å². The summed E-state index contributed by atoms with van der Waals surface area (Å²) < 4.78 is 5.44. The predicted molar refractivity (Wildman–Crippen MR) is 117 cm³/mol. The van der Waals surface area contributed by atoms with Gasteiger partial charge in [-0.15, -0.1) is 0 Å². The number of rotatable bonds is 6. The smallest absolute Gasteiger partial charge is 0.247 e. The van der Waals surface area contributed by atoms with Crippen molar-refractivity contribution in [1.82, 2.24) is 15.1 Å². The molecule has 3 rings (SSSR count). The van der Waals surface area contributed by atoms with Gasteiger partial charge in [0.2, 0.25) is 17.8 Å². The summed E-state index contributed by atoms with van der Waals surface area (Å²) in [4.78, 5) is 33.6. The first-order chi connectivity index (χ1) is 15.1. The molecule has 1 aromatic carbocycles. The molecule has 9 heteroatoms. The van der Waals surface area contributed by atoms with Gasteiger partial charge in [0.1, 0.15) is 11.8 Å². The summed E-state index contributed by atoms with van der Waals surface area (Å²) in [6.07, 6.45) is 6.15. The van der Waals surface area contributed by atoms with E-state index in [0.717, 1.165) is 44.5 Å². The number of nitrogens with one attached hydrogen (secondary N) is 2. The molecule has 2 fully saturated rings. The van der Waals surface area contributed by atoms with Crippen LogP contribution in [0.25, 0.3) is 0 Å². The highest BCUT2D eigenvalue weighted by atomic mass is 16.5. The molecule has 9 nitrogen and oxygen atoms in total. The van der Waals surface area contributed by atoms with Gasteiger partial charge in [0.25, 0.3) is 0 Å². The molecule has 2 aliphatic rings. The molecule has 31 heavy (non-hydrogen) atoms. The third-order valence-corrected chi connectivity index (χ3v) is 5.42. The summed E-state index contributed by atoms with van der Waals surface area (Å²) in [7, 11) is 0. The molecule has 0 saturated carbocycles. The van der Waals surface area contributed by atoms with Gasteiger partial charge < -0.3 is 19.9 Å². The van der Waals surface area contributed by atoms with Gasteiger partial charge in [0.15, 0.2) is 6.19 Å². The minimum absolute atomic E-state index is 0.00151. The maximum atomic E-state index is 13.1. The van der Waals surface area contributed by atoms with Crippen LogP contribution in [0.3, 0.4) is 0 Å². The maximum absolute atomic E-state index is 13.1. The van der Waals surface area contributed by atoms with Gasteiger partial charge in [0.05, 0.1) is 13.2 Å². The molecular weight excluding hydrogens is 396 g/mol. The number of ether oxygens (including phenoxy) is 1. The van der Waals surface area contributed by atoms with Crippen LogP contribution in [-0.2, 0) is 9.59 Å². The lowest BCUT2D eigenvalue weighted by Gasteiger charge is -2.25. The summed E-state index contributed by atoms with van der Waals surface area (Å²) in [5.74, 6) is 0.781. The highest BCUT2D eigenvalue weighted by molar-refractivity contribution is 5.97. The van der Waals surface area contributed by atoms with Crippen LogP contribution in [0.5, 0.6) is 5.75 Å². The summed E-state index contributed by atoms with van der Waals surface area (Å²) >= 11 is 0. The predicted octanol–water partition coefficient (Wildman–Crippen LogP) is 1.93. The molecule has 0 aliphatic carbocycles. The van der Waals surface area contributed by atoms with Gasteiger partial charge in [-0.2, -0.15) is 5.26 Å². The Bertz CT molecular complexity index is 827. The Morgan fingerprint density at radius 2 is 1.90 bits per heavy atom. The van der Waals surface area contributed by atoms with Crippen molar-refractivity contribution in [2.75, 3.05) is 38.1 Å². The molecule has 0 spiro atoms. The zero-order valence-electron chi connectivity index (χ0n) is 18.0. The number of carbonyl (C=O) groups is 2. The maximum Gasteiger partial charge on any atom is 0.247 e. The van der Waals surface area contributed by atoms with Crippen molar-refractivity contribution in [1.29, 1.82) is 5.26 Å². The Balaban J connectivity index is 1.69. The van der Waals surface area contributed by atoms with Gasteiger partial charge in [-0.1, -0.05) is 0 Å². The number of likely N-dealkylation sites (tertiary alicyclic amines) is 2. The first-order valence-electron chi connectivity index (χ1n) is 10.9. The second-order valence-electron chi connectivity index (χ2n) is 7.66. The molecular formula is C22H30N6O3. The Kier molecular flexibility index (Phi) is 8.10.